The fourth-order valence-electron chi connectivity index (χ4n) is 3.72. The summed E-state index contributed by atoms with van der Waals surface area (Å²) in [5.41, 5.74) is 5.94. The second-order valence-corrected chi connectivity index (χ2v) is 7.43. The largest absolute Gasteiger partial charge is 0.416 e. The molecule has 0 unspecified atom stereocenters. The van der Waals surface area contributed by atoms with Crippen molar-refractivity contribution in [3.8, 4) is 0 Å². The molecule has 7 nitrogen and oxygen atoms in total. The molecule has 0 bridgehead atoms. The first-order valence-electron chi connectivity index (χ1n) is 7.85. The molecule has 2 aliphatic rings. The van der Waals surface area contributed by atoms with Gasteiger partial charge < -0.3 is 15.4 Å². The molecule has 2 aromatic heterocycles. The van der Waals surface area contributed by atoms with E-state index in [1.54, 1.807) is 16.9 Å². The number of nitrogens with zero attached hydrogens (tertiary/aromatic N) is 5. The summed E-state index contributed by atoms with van der Waals surface area (Å²) < 4.78 is 46.6. The number of hydrogen-bond acceptors (Lipinski definition) is 6. The molecule has 0 aliphatic carbocycles. The molecule has 0 saturated carbocycles. The third kappa shape index (κ3) is 2.68. The van der Waals surface area contributed by atoms with Crippen molar-refractivity contribution in [2.24, 2.45) is 11.1 Å². The lowest BCUT2D eigenvalue weighted by molar-refractivity contribution is -0.209. The van der Waals surface area contributed by atoms with Crippen molar-refractivity contribution < 1.29 is 17.9 Å². The summed E-state index contributed by atoms with van der Waals surface area (Å²) in [4.78, 5) is 6.43. The Morgan fingerprint density at radius 1 is 1.32 bits per heavy atom. The van der Waals surface area contributed by atoms with Gasteiger partial charge in [0.15, 0.2) is 11.8 Å². The minimum atomic E-state index is -4.43. The van der Waals surface area contributed by atoms with Gasteiger partial charge in [-0.3, -0.25) is 0 Å². The van der Waals surface area contributed by atoms with Gasteiger partial charge in [-0.1, -0.05) is 0 Å². The number of hydrogen-bond donors (Lipinski definition) is 1. The van der Waals surface area contributed by atoms with Crippen LogP contribution in [0.5, 0.6) is 0 Å². The Morgan fingerprint density at radius 3 is 2.68 bits per heavy atom. The van der Waals surface area contributed by atoms with Crippen molar-refractivity contribution in [2.45, 2.75) is 31.2 Å². The van der Waals surface area contributed by atoms with Gasteiger partial charge in [0.05, 0.1) is 11.1 Å². The predicted molar refractivity (Wildman–Crippen MR) is 86.1 cm³/mol. The molecule has 0 aromatic carbocycles. The number of halogens is 4. The minimum Gasteiger partial charge on any atom is -0.366 e. The van der Waals surface area contributed by atoms with Crippen LogP contribution < -0.4 is 10.6 Å². The molecule has 4 rings (SSSR count). The Hall–Kier alpha value is -1.46. The molecule has 11 heteroatoms. The zero-order chi connectivity index (χ0) is 17.8. The van der Waals surface area contributed by atoms with E-state index in [2.05, 4.69) is 31.1 Å². The highest BCUT2D eigenvalue weighted by molar-refractivity contribution is 9.10. The number of aromatic nitrogens is 4. The standard InChI is InChI=1S/C14H16BrF3N6O/c15-8-5-20-12(24-7-21-22-11(8)24)23-3-1-13(2-4-23)6-25-10(9(13)19)14(16,17)18/h5,7,9-10H,1-4,6,19H2/t9-,10-/m1/s1. The van der Waals surface area contributed by atoms with E-state index < -0.39 is 23.7 Å². The zero-order valence-electron chi connectivity index (χ0n) is 13.1. The molecule has 4 heterocycles. The molecule has 2 aromatic rings. The maximum absolute atomic E-state index is 13.0. The Balaban J connectivity index is 1.54. The number of anilines is 1. The molecular formula is C14H16BrF3N6O. The first-order valence-corrected chi connectivity index (χ1v) is 8.64. The van der Waals surface area contributed by atoms with E-state index in [1.807, 2.05) is 4.90 Å². The Kier molecular flexibility index (Phi) is 3.92. The number of fused-ring (bicyclic) bond motifs is 1. The third-order valence-corrected chi connectivity index (χ3v) is 5.78. The van der Waals surface area contributed by atoms with E-state index >= 15 is 0 Å². The molecule has 2 N–H and O–H groups in total. The fraction of sp³-hybridized carbons (Fsp3) is 0.643. The summed E-state index contributed by atoms with van der Waals surface area (Å²) in [6.07, 6.45) is -2.06. The Labute approximate surface area is 149 Å². The van der Waals surface area contributed by atoms with Crippen LogP contribution in [-0.2, 0) is 4.74 Å². The monoisotopic (exact) mass is 420 g/mol. The first-order chi connectivity index (χ1) is 11.8. The fourth-order valence-corrected chi connectivity index (χ4v) is 4.09. The van der Waals surface area contributed by atoms with Crippen LogP contribution in [0.4, 0.5) is 19.1 Å². The molecule has 2 atom stereocenters. The van der Waals surface area contributed by atoms with E-state index in [1.165, 1.54) is 0 Å². The lowest BCUT2D eigenvalue weighted by Gasteiger charge is -2.41. The number of rotatable bonds is 1. The van der Waals surface area contributed by atoms with Crippen molar-refractivity contribution in [3.05, 3.63) is 17.0 Å². The average Bonchev–Trinajstić information content (AvgIpc) is 3.16. The van der Waals surface area contributed by atoms with Crippen molar-refractivity contribution in [1.82, 2.24) is 19.6 Å². The summed E-state index contributed by atoms with van der Waals surface area (Å²) >= 11 is 3.37. The van der Waals surface area contributed by atoms with Crippen LogP contribution in [0.2, 0.25) is 0 Å². The number of ether oxygens (including phenoxy) is 1. The van der Waals surface area contributed by atoms with Gasteiger partial charge in [0.1, 0.15) is 6.33 Å². The van der Waals surface area contributed by atoms with Crippen LogP contribution in [0.25, 0.3) is 5.65 Å². The molecule has 25 heavy (non-hydrogen) atoms. The van der Waals surface area contributed by atoms with Gasteiger partial charge >= 0.3 is 6.18 Å². The predicted octanol–water partition coefficient (Wildman–Crippen LogP) is 1.76. The van der Waals surface area contributed by atoms with Gasteiger partial charge in [-0.2, -0.15) is 13.2 Å². The van der Waals surface area contributed by atoms with Gasteiger partial charge in [-0.05, 0) is 28.8 Å². The quantitative estimate of drug-likeness (QED) is 0.756. The number of piperidine rings is 1. The highest BCUT2D eigenvalue weighted by Gasteiger charge is 2.58. The zero-order valence-corrected chi connectivity index (χ0v) is 14.7. The molecule has 2 fully saturated rings. The lowest BCUT2D eigenvalue weighted by Crippen LogP contribution is -2.54. The molecule has 0 amide bonds. The van der Waals surface area contributed by atoms with Crippen molar-refractivity contribution in [3.63, 3.8) is 0 Å². The smallest absolute Gasteiger partial charge is 0.366 e. The van der Waals surface area contributed by atoms with E-state index in [0.717, 1.165) is 4.47 Å². The molecule has 2 saturated heterocycles. The van der Waals surface area contributed by atoms with E-state index in [-0.39, 0.29) is 6.61 Å². The minimum absolute atomic E-state index is 0.0436. The van der Waals surface area contributed by atoms with Crippen LogP contribution in [0.15, 0.2) is 17.0 Å². The topological polar surface area (TPSA) is 81.6 Å². The molecular weight excluding hydrogens is 405 g/mol. The highest BCUT2D eigenvalue weighted by atomic mass is 79.9. The Bertz CT molecular complexity index is 788. The molecule has 2 aliphatic heterocycles. The second kappa shape index (κ2) is 5.78. The van der Waals surface area contributed by atoms with Gasteiger partial charge in [-0.15, -0.1) is 10.2 Å². The SMILES string of the molecule is N[C@@H]1[C@H](C(F)(F)F)OCC12CCN(c1ncc(Br)c3nncn13)CC2. The van der Waals surface area contributed by atoms with E-state index in [4.69, 9.17) is 10.5 Å². The average molecular weight is 421 g/mol. The summed E-state index contributed by atoms with van der Waals surface area (Å²) in [6, 6.07) is -1.04. The number of alkyl halides is 3. The highest BCUT2D eigenvalue weighted by Crippen LogP contribution is 2.45. The van der Waals surface area contributed by atoms with Gasteiger partial charge in [-0.25, -0.2) is 9.38 Å². The maximum atomic E-state index is 13.0. The van der Waals surface area contributed by atoms with Crippen LogP contribution in [0, 0.1) is 5.41 Å². The molecule has 0 radical (unpaired) electrons. The third-order valence-electron chi connectivity index (χ3n) is 5.22. The van der Waals surface area contributed by atoms with Crippen molar-refractivity contribution in [2.75, 3.05) is 24.6 Å². The summed E-state index contributed by atoms with van der Waals surface area (Å²) in [5, 5.41) is 7.92. The molecule has 1 spiro atoms. The Morgan fingerprint density at radius 2 is 2.04 bits per heavy atom. The van der Waals surface area contributed by atoms with Gasteiger partial charge in [0, 0.05) is 30.7 Å². The van der Waals surface area contributed by atoms with Crippen LogP contribution in [0.3, 0.4) is 0 Å². The maximum Gasteiger partial charge on any atom is 0.416 e. The first kappa shape index (κ1) is 17.0. The van der Waals surface area contributed by atoms with Crippen LogP contribution >= 0.6 is 15.9 Å². The summed E-state index contributed by atoms with van der Waals surface area (Å²) in [5.74, 6) is 0.665. The van der Waals surface area contributed by atoms with E-state index in [0.29, 0.717) is 37.5 Å². The van der Waals surface area contributed by atoms with Crippen molar-refractivity contribution >= 4 is 27.5 Å². The number of nitrogens with two attached hydrogens (primary N) is 1. The van der Waals surface area contributed by atoms with Gasteiger partial charge in [0.25, 0.3) is 0 Å². The van der Waals surface area contributed by atoms with Crippen molar-refractivity contribution in [1.29, 1.82) is 0 Å². The molecule has 136 valence electrons. The van der Waals surface area contributed by atoms with E-state index in [9.17, 15) is 13.2 Å². The normalized spacial score (nSPS) is 26.7. The second-order valence-electron chi connectivity index (χ2n) is 6.58. The summed E-state index contributed by atoms with van der Waals surface area (Å²) in [6.45, 7) is 1.13. The van der Waals surface area contributed by atoms with Crippen LogP contribution in [-0.4, -0.2) is 57.6 Å². The van der Waals surface area contributed by atoms with Gasteiger partial charge in [0.2, 0.25) is 5.95 Å². The lowest BCUT2D eigenvalue weighted by atomic mass is 9.73. The van der Waals surface area contributed by atoms with Crippen LogP contribution in [0.1, 0.15) is 12.8 Å². The summed E-state index contributed by atoms with van der Waals surface area (Å²) in [7, 11) is 0.